The summed E-state index contributed by atoms with van der Waals surface area (Å²) in [5, 5.41) is 13.9. The Morgan fingerprint density at radius 2 is 2.15 bits per heavy atom. The number of nitrogens with zero attached hydrogens (tertiary/aromatic N) is 5. The van der Waals surface area contributed by atoms with Gasteiger partial charge in [-0.1, -0.05) is 35.5 Å². The van der Waals surface area contributed by atoms with Crippen molar-refractivity contribution < 1.29 is 19.1 Å². The SMILES string of the molecule is O=C(Cn1nnnc1COc1ccccc1Cl)NCCN1C(=O)CSC1=O. The highest BCUT2D eigenvalue weighted by Gasteiger charge is 2.29. The molecule has 3 rings (SSSR count). The van der Waals surface area contributed by atoms with E-state index in [-0.39, 0.29) is 49.0 Å². The van der Waals surface area contributed by atoms with Gasteiger partial charge in [-0.2, -0.15) is 0 Å². The highest BCUT2D eigenvalue weighted by atomic mass is 35.5. The number of para-hydroxylation sites is 1. The van der Waals surface area contributed by atoms with Gasteiger partial charge in [-0.05, 0) is 22.6 Å². The van der Waals surface area contributed by atoms with Crippen LogP contribution in [0.5, 0.6) is 5.75 Å². The molecule has 27 heavy (non-hydrogen) atoms. The lowest BCUT2D eigenvalue weighted by atomic mass is 10.3. The van der Waals surface area contributed by atoms with Gasteiger partial charge >= 0.3 is 0 Å². The van der Waals surface area contributed by atoms with Crippen LogP contribution in [0.15, 0.2) is 24.3 Å². The molecule has 1 aromatic carbocycles. The predicted octanol–water partition coefficient (Wildman–Crippen LogP) is 0.717. The third-order valence-electron chi connectivity index (χ3n) is 3.59. The number of aromatic nitrogens is 4. The minimum atomic E-state index is -0.354. The van der Waals surface area contributed by atoms with E-state index in [0.29, 0.717) is 16.6 Å². The number of hydrogen-bond donors (Lipinski definition) is 1. The molecule has 1 saturated heterocycles. The molecule has 1 aliphatic heterocycles. The quantitative estimate of drug-likeness (QED) is 0.676. The molecule has 3 amide bonds. The zero-order valence-corrected chi connectivity index (χ0v) is 15.6. The molecule has 0 spiro atoms. The maximum atomic E-state index is 12.0. The first-order chi connectivity index (χ1) is 13.0. The Labute approximate surface area is 163 Å². The van der Waals surface area contributed by atoms with Crippen LogP contribution in [0.25, 0.3) is 0 Å². The Morgan fingerprint density at radius 1 is 1.33 bits per heavy atom. The normalized spacial score (nSPS) is 13.9. The number of amides is 3. The number of carbonyl (C=O) groups is 3. The lowest BCUT2D eigenvalue weighted by Crippen LogP contribution is -2.38. The number of ether oxygens (including phenoxy) is 1. The Bertz CT molecular complexity index is 844. The van der Waals surface area contributed by atoms with Gasteiger partial charge in [-0.25, -0.2) is 4.68 Å². The number of halogens is 1. The molecule has 1 aliphatic rings. The van der Waals surface area contributed by atoms with Crippen molar-refractivity contribution >= 4 is 40.4 Å². The minimum absolute atomic E-state index is 0.0397. The summed E-state index contributed by atoms with van der Waals surface area (Å²) in [6.45, 7) is 0.210. The van der Waals surface area contributed by atoms with Crippen molar-refractivity contribution in [1.29, 1.82) is 0 Å². The molecule has 142 valence electrons. The number of nitrogens with one attached hydrogen (secondary N) is 1. The number of imide groups is 1. The van der Waals surface area contributed by atoms with E-state index in [1.807, 2.05) is 0 Å². The maximum absolute atomic E-state index is 12.0. The van der Waals surface area contributed by atoms with Crippen LogP contribution in [0.2, 0.25) is 5.02 Å². The van der Waals surface area contributed by atoms with Crippen LogP contribution in [0.4, 0.5) is 4.79 Å². The van der Waals surface area contributed by atoms with E-state index in [4.69, 9.17) is 16.3 Å². The highest BCUT2D eigenvalue weighted by Crippen LogP contribution is 2.23. The molecule has 2 heterocycles. The number of thioether (sulfide) groups is 1. The first-order valence-electron chi connectivity index (χ1n) is 7.91. The van der Waals surface area contributed by atoms with E-state index in [1.54, 1.807) is 24.3 Å². The Kier molecular flexibility index (Phi) is 6.24. The number of benzene rings is 1. The van der Waals surface area contributed by atoms with Crippen molar-refractivity contribution in [3.63, 3.8) is 0 Å². The molecule has 0 saturated carbocycles. The molecule has 0 aliphatic carbocycles. The average Bonchev–Trinajstić information content (AvgIpc) is 3.22. The third-order valence-corrected chi connectivity index (χ3v) is 4.76. The summed E-state index contributed by atoms with van der Waals surface area (Å²) in [5.74, 6) is 0.376. The van der Waals surface area contributed by atoms with Gasteiger partial charge in [0.05, 0.1) is 10.8 Å². The van der Waals surface area contributed by atoms with E-state index in [1.165, 1.54) is 4.68 Å². The molecular weight excluding hydrogens is 396 g/mol. The van der Waals surface area contributed by atoms with Crippen molar-refractivity contribution in [3.05, 3.63) is 35.1 Å². The Balaban J connectivity index is 1.47. The summed E-state index contributed by atoms with van der Waals surface area (Å²) >= 11 is 6.97. The second-order valence-corrected chi connectivity index (χ2v) is 6.76. The van der Waals surface area contributed by atoms with Crippen LogP contribution in [0.1, 0.15) is 5.82 Å². The van der Waals surface area contributed by atoms with Crippen LogP contribution >= 0.6 is 23.4 Å². The van der Waals surface area contributed by atoms with Crippen molar-refractivity contribution in [2.24, 2.45) is 0 Å². The fourth-order valence-electron chi connectivity index (χ4n) is 2.25. The lowest BCUT2D eigenvalue weighted by molar-refractivity contribution is -0.125. The summed E-state index contributed by atoms with van der Waals surface area (Å²) in [7, 11) is 0. The van der Waals surface area contributed by atoms with Crippen LogP contribution in [0.3, 0.4) is 0 Å². The molecule has 0 unspecified atom stereocenters. The van der Waals surface area contributed by atoms with Crippen molar-refractivity contribution in [2.45, 2.75) is 13.2 Å². The second kappa shape index (κ2) is 8.82. The number of hydrogen-bond acceptors (Lipinski definition) is 8. The highest BCUT2D eigenvalue weighted by molar-refractivity contribution is 8.14. The van der Waals surface area contributed by atoms with Crippen molar-refractivity contribution in [1.82, 2.24) is 30.4 Å². The summed E-state index contributed by atoms with van der Waals surface area (Å²) in [4.78, 5) is 36.1. The average molecular weight is 411 g/mol. The largest absolute Gasteiger partial charge is 0.484 e. The fraction of sp³-hybridized carbons (Fsp3) is 0.333. The van der Waals surface area contributed by atoms with Crippen LogP contribution in [0, 0.1) is 0 Å². The van der Waals surface area contributed by atoms with Gasteiger partial charge in [0.2, 0.25) is 11.8 Å². The number of carbonyl (C=O) groups excluding carboxylic acids is 3. The summed E-state index contributed by atoms with van der Waals surface area (Å²) < 4.78 is 6.86. The van der Waals surface area contributed by atoms with Gasteiger partial charge < -0.3 is 10.1 Å². The van der Waals surface area contributed by atoms with Crippen LogP contribution in [-0.2, 0) is 22.7 Å². The first-order valence-corrected chi connectivity index (χ1v) is 9.27. The van der Waals surface area contributed by atoms with E-state index < -0.39 is 0 Å². The molecular formula is C15H15ClN6O4S. The van der Waals surface area contributed by atoms with Gasteiger partial charge in [0.25, 0.3) is 5.24 Å². The molecule has 1 N–H and O–H groups in total. The molecule has 12 heteroatoms. The Morgan fingerprint density at radius 3 is 2.89 bits per heavy atom. The topological polar surface area (TPSA) is 119 Å². The van der Waals surface area contributed by atoms with Crippen molar-refractivity contribution in [3.8, 4) is 5.75 Å². The molecule has 10 nitrogen and oxygen atoms in total. The van der Waals surface area contributed by atoms with Gasteiger partial charge in [0, 0.05) is 13.1 Å². The van der Waals surface area contributed by atoms with Gasteiger partial charge in [0.1, 0.15) is 18.9 Å². The van der Waals surface area contributed by atoms with Gasteiger partial charge in [-0.15, -0.1) is 5.10 Å². The molecule has 0 bridgehead atoms. The lowest BCUT2D eigenvalue weighted by Gasteiger charge is -2.13. The first kappa shape index (κ1) is 19.1. The molecule has 0 radical (unpaired) electrons. The van der Waals surface area contributed by atoms with Gasteiger partial charge in [-0.3, -0.25) is 19.3 Å². The third kappa shape index (κ3) is 4.95. The zero-order chi connectivity index (χ0) is 19.2. The summed E-state index contributed by atoms with van der Waals surface area (Å²) in [6.07, 6.45) is 0. The standard InChI is InChI=1S/C15H15ClN6O4S/c16-10-3-1-2-4-11(10)26-8-12-18-19-20-22(12)7-13(23)17-5-6-21-14(24)9-27-15(21)25/h1-4H,5-9H2,(H,17,23). The predicted molar refractivity (Wildman–Crippen MR) is 96.2 cm³/mol. The molecule has 2 aromatic rings. The maximum Gasteiger partial charge on any atom is 0.288 e. The van der Waals surface area contributed by atoms with Crippen LogP contribution < -0.4 is 10.1 Å². The number of rotatable bonds is 8. The van der Waals surface area contributed by atoms with E-state index in [9.17, 15) is 14.4 Å². The van der Waals surface area contributed by atoms with E-state index in [2.05, 4.69) is 20.8 Å². The van der Waals surface area contributed by atoms with E-state index in [0.717, 1.165) is 16.7 Å². The van der Waals surface area contributed by atoms with E-state index >= 15 is 0 Å². The zero-order valence-electron chi connectivity index (χ0n) is 14.0. The Hall–Kier alpha value is -2.66. The minimum Gasteiger partial charge on any atom is -0.484 e. The van der Waals surface area contributed by atoms with Gasteiger partial charge in [0.15, 0.2) is 5.82 Å². The smallest absolute Gasteiger partial charge is 0.288 e. The second-order valence-electron chi connectivity index (χ2n) is 5.42. The van der Waals surface area contributed by atoms with Crippen LogP contribution in [-0.4, -0.2) is 61.0 Å². The summed E-state index contributed by atoms with van der Waals surface area (Å²) in [6, 6.07) is 6.97. The fourth-order valence-corrected chi connectivity index (χ4v) is 3.19. The monoisotopic (exact) mass is 410 g/mol. The molecule has 0 atom stereocenters. The van der Waals surface area contributed by atoms with Crippen molar-refractivity contribution in [2.75, 3.05) is 18.8 Å². The number of tetrazole rings is 1. The summed E-state index contributed by atoms with van der Waals surface area (Å²) in [5.41, 5.74) is 0. The molecule has 1 aromatic heterocycles. The molecule has 1 fully saturated rings.